The molecule has 1 aromatic carbocycles. The molecule has 0 N–H and O–H groups in total. The first-order valence-electron chi connectivity index (χ1n) is 10.0. The van der Waals surface area contributed by atoms with Gasteiger partial charge >= 0.3 is 0 Å². The second kappa shape index (κ2) is 10.1. The summed E-state index contributed by atoms with van der Waals surface area (Å²) in [5.74, 6) is 0.328. The van der Waals surface area contributed by atoms with Gasteiger partial charge in [-0.3, -0.25) is 9.59 Å². The number of hydrogen-bond acceptors (Lipinski definition) is 4. The quantitative estimate of drug-likeness (QED) is 0.540. The smallest absolute Gasteiger partial charge is 0.259 e. The molecule has 6 heteroatoms. The van der Waals surface area contributed by atoms with Gasteiger partial charge in [-0.25, -0.2) is 0 Å². The molecule has 0 aliphatic rings. The SMILES string of the molecule is COCc1c(C(=O)N(C)Cc2ccco2)c(=O)cc(C)n1CCCc1ccccc1. The number of rotatable bonds is 9. The van der Waals surface area contributed by atoms with E-state index in [0.29, 0.717) is 24.5 Å². The second-order valence-corrected chi connectivity index (χ2v) is 7.39. The summed E-state index contributed by atoms with van der Waals surface area (Å²) in [6, 6.07) is 15.4. The molecule has 0 radical (unpaired) electrons. The Morgan fingerprint density at radius 3 is 2.60 bits per heavy atom. The molecule has 6 nitrogen and oxygen atoms in total. The molecular formula is C24H28N2O4. The molecule has 0 spiro atoms. The number of ether oxygens (including phenoxy) is 1. The van der Waals surface area contributed by atoms with Crippen LogP contribution < -0.4 is 5.43 Å². The monoisotopic (exact) mass is 408 g/mol. The number of carbonyl (C=O) groups is 1. The van der Waals surface area contributed by atoms with Gasteiger partial charge in [0.2, 0.25) is 0 Å². The molecule has 3 aromatic rings. The van der Waals surface area contributed by atoms with Crippen LogP contribution in [0.15, 0.2) is 64.0 Å². The largest absolute Gasteiger partial charge is 0.467 e. The van der Waals surface area contributed by atoms with Crippen molar-refractivity contribution in [3.8, 4) is 0 Å². The summed E-state index contributed by atoms with van der Waals surface area (Å²) < 4.78 is 12.7. The molecule has 0 aliphatic carbocycles. The number of pyridine rings is 1. The van der Waals surface area contributed by atoms with Crippen molar-refractivity contribution in [2.45, 2.75) is 39.5 Å². The van der Waals surface area contributed by atoms with E-state index in [2.05, 4.69) is 12.1 Å². The summed E-state index contributed by atoms with van der Waals surface area (Å²) in [5, 5.41) is 0. The lowest BCUT2D eigenvalue weighted by atomic mass is 10.1. The summed E-state index contributed by atoms with van der Waals surface area (Å²) in [6.45, 7) is 3.07. The molecule has 30 heavy (non-hydrogen) atoms. The van der Waals surface area contributed by atoms with Crippen LogP contribution in [0.25, 0.3) is 0 Å². The maximum absolute atomic E-state index is 13.2. The lowest BCUT2D eigenvalue weighted by Gasteiger charge is -2.22. The van der Waals surface area contributed by atoms with Gasteiger partial charge in [0.25, 0.3) is 5.91 Å². The molecular weight excluding hydrogens is 380 g/mol. The molecule has 0 bridgehead atoms. The van der Waals surface area contributed by atoms with E-state index in [1.165, 1.54) is 16.5 Å². The van der Waals surface area contributed by atoms with E-state index in [-0.39, 0.29) is 23.5 Å². The second-order valence-electron chi connectivity index (χ2n) is 7.39. The lowest BCUT2D eigenvalue weighted by Crippen LogP contribution is -2.34. The van der Waals surface area contributed by atoms with Gasteiger partial charge in [-0.1, -0.05) is 30.3 Å². The van der Waals surface area contributed by atoms with Gasteiger partial charge < -0.3 is 18.6 Å². The average Bonchev–Trinajstić information content (AvgIpc) is 3.24. The van der Waals surface area contributed by atoms with Crippen LogP contribution in [0.4, 0.5) is 0 Å². The third kappa shape index (κ3) is 5.07. The van der Waals surface area contributed by atoms with Crippen LogP contribution in [0, 0.1) is 6.92 Å². The van der Waals surface area contributed by atoms with Crippen LogP contribution in [0.5, 0.6) is 0 Å². The first-order chi connectivity index (χ1) is 14.5. The highest BCUT2D eigenvalue weighted by Crippen LogP contribution is 2.16. The van der Waals surface area contributed by atoms with Crippen molar-refractivity contribution in [2.24, 2.45) is 0 Å². The third-order valence-corrected chi connectivity index (χ3v) is 5.13. The number of hydrogen-bond donors (Lipinski definition) is 0. The number of benzene rings is 1. The van der Waals surface area contributed by atoms with E-state index in [4.69, 9.17) is 9.15 Å². The summed E-state index contributed by atoms with van der Waals surface area (Å²) >= 11 is 0. The molecule has 0 aliphatic heterocycles. The maximum atomic E-state index is 13.2. The van der Waals surface area contributed by atoms with Gasteiger partial charge in [-0.05, 0) is 37.5 Å². The highest BCUT2D eigenvalue weighted by Gasteiger charge is 2.23. The molecule has 3 rings (SSSR count). The maximum Gasteiger partial charge on any atom is 0.259 e. The van der Waals surface area contributed by atoms with Crippen LogP contribution in [0.2, 0.25) is 0 Å². The van der Waals surface area contributed by atoms with Crippen molar-refractivity contribution in [3.63, 3.8) is 0 Å². The van der Waals surface area contributed by atoms with Crippen molar-refractivity contribution in [2.75, 3.05) is 14.2 Å². The Hall–Kier alpha value is -3.12. The Labute approximate surface area is 176 Å². The zero-order valence-electron chi connectivity index (χ0n) is 17.8. The van der Waals surface area contributed by atoms with E-state index < -0.39 is 0 Å². The van der Waals surface area contributed by atoms with Gasteiger partial charge in [0.15, 0.2) is 5.43 Å². The summed E-state index contributed by atoms with van der Waals surface area (Å²) in [5.41, 5.74) is 2.59. The van der Waals surface area contributed by atoms with E-state index in [9.17, 15) is 9.59 Å². The highest BCUT2D eigenvalue weighted by molar-refractivity contribution is 5.95. The van der Waals surface area contributed by atoms with Gasteiger partial charge in [0.1, 0.15) is 11.3 Å². The normalized spacial score (nSPS) is 10.9. The topological polar surface area (TPSA) is 64.7 Å². The number of amides is 1. The van der Waals surface area contributed by atoms with Gasteiger partial charge in [-0.15, -0.1) is 0 Å². The minimum absolute atomic E-state index is 0.163. The minimum Gasteiger partial charge on any atom is -0.467 e. The summed E-state index contributed by atoms with van der Waals surface area (Å²) in [6.07, 6.45) is 3.37. The lowest BCUT2D eigenvalue weighted by molar-refractivity contribution is 0.0766. The van der Waals surface area contributed by atoms with Gasteiger partial charge in [0, 0.05) is 32.5 Å². The van der Waals surface area contributed by atoms with Crippen LogP contribution in [-0.4, -0.2) is 29.5 Å². The summed E-state index contributed by atoms with van der Waals surface area (Å²) in [4.78, 5) is 27.5. The predicted molar refractivity (Wildman–Crippen MR) is 115 cm³/mol. The number of furan rings is 1. The van der Waals surface area contributed by atoms with Crippen LogP contribution in [0.1, 0.15) is 39.5 Å². The Kier molecular flexibility index (Phi) is 7.25. The van der Waals surface area contributed by atoms with Crippen LogP contribution in [-0.2, 0) is 30.9 Å². The average molecular weight is 408 g/mol. The van der Waals surface area contributed by atoms with Crippen molar-refractivity contribution >= 4 is 5.91 Å². The number of aryl methyl sites for hydroxylation is 2. The molecule has 158 valence electrons. The predicted octanol–water partition coefficient (Wildman–Crippen LogP) is 3.80. The Balaban J connectivity index is 1.87. The van der Waals surface area contributed by atoms with Crippen molar-refractivity contribution < 1.29 is 13.9 Å². The van der Waals surface area contributed by atoms with Crippen LogP contribution in [0.3, 0.4) is 0 Å². The van der Waals surface area contributed by atoms with E-state index >= 15 is 0 Å². The van der Waals surface area contributed by atoms with Crippen LogP contribution >= 0.6 is 0 Å². The van der Waals surface area contributed by atoms with E-state index in [1.807, 2.05) is 29.7 Å². The fourth-order valence-corrected chi connectivity index (χ4v) is 3.64. The molecule has 0 unspecified atom stereocenters. The van der Waals surface area contributed by atoms with E-state index in [0.717, 1.165) is 18.5 Å². The summed E-state index contributed by atoms with van der Waals surface area (Å²) in [7, 11) is 3.24. The zero-order valence-corrected chi connectivity index (χ0v) is 17.8. The fraction of sp³-hybridized carbons (Fsp3) is 0.333. The molecule has 1 amide bonds. The zero-order chi connectivity index (χ0) is 21.5. The number of nitrogens with zero attached hydrogens (tertiary/aromatic N) is 2. The number of aromatic nitrogens is 1. The Morgan fingerprint density at radius 1 is 1.17 bits per heavy atom. The standard InChI is InChI=1S/C24H28N2O4/c1-18-15-22(27)23(24(28)25(2)16-20-12-8-14-30-20)21(17-29-3)26(18)13-7-11-19-9-5-4-6-10-19/h4-6,8-10,12,14-15H,7,11,13,16-17H2,1-3H3. The Bertz CT molecular complexity index is 1020. The van der Waals surface area contributed by atoms with Gasteiger partial charge in [0.05, 0.1) is 25.1 Å². The molecule has 0 saturated carbocycles. The molecule has 0 atom stereocenters. The minimum atomic E-state index is -0.333. The molecule has 2 heterocycles. The molecule has 0 saturated heterocycles. The number of methoxy groups -OCH3 is 1. The van der Waals surface area contributed by atoms with Crippen molar-refractivity contribution in [1.29, 1.82) is 0 Å². The first-order valence-corrected chi connectivity index (χ1v) is 10.0. The van der Waals surface area contributed by atoms with Crippen molar-refractivity contribution in [1.82, 2.24) is 9.47 Å². The van der Waals surface area contributed by atoms with Gasteiger partial charge in [-0.2, -0.15) is 0 Å². The van der Waals surface area contributed by atoms with E-state index in [1.54, 1.807) is 32.6 Å². The third-order valence-electron chi connectivity index (χ3n) is 5.13. The molecule has 0 fully saturated rings. The fourth-order valence-electron chi connectivity index (χ4n) is 3.64. The first kappa shape index (κ1) is 21.6. The highest BCUT2D eigenvalue weighted by atomic mass is 16.5. The number of carbonyl (C=O) groups excluding carboxylic acids is 1. The Morgan fingerprint density at radius 2 is 1.93 bits per heavy atom. The molecule has 2 aromatic heterocycles. The van der Waals surface area contributed by atoms with Crippen molar-refractivity contribution in [3.05, 3.63) is 93.3 Å².